The van der Waals surface area contributed by atoms with Crippen molar-refractivity contribution in [3.63, 3.8) is 0 Å². The number of nitrogens with zero attached hydrogens (tertiary/aromatic N) is 3. The predicted octanol–water partition coefficient (Wildman–Crippen LogP) is 5.53. The first-order valence-electron chi connectivity index (χ1n) is 11.5. The molecular weight excluding hydrogens is 443 g/mol. The van der Waals surface area contributed by atoms with Crippen LogP contribution in [0.3, 0.4) is 0 Å². The van der Waals surface area contributed by atoms with E-state index in [1.54, 1.807) is 0 Å². The van der Waals surface area contributed by atoms with Gasteiger partial charge in [0.1, 0.15) is 0 Å². The molecular formula is C22H33Cl3N4O. The van der Waals surface area contributed by atoms with Gasteiger partial charge in [0, 0.05) is 41.0 Å². The van der Waals surface area contributed by atoms with Gasteiger partial charge < -0.3 is 0 Å². The Morgan fingerprint density at radius 1 is 0.967 bits per heavy atom. The largest absolute Gasteiger partial charge is 0.286 e. The predicted molar refractivity (Wildman–Crippen MR) is 123 cm³/mol. The highest BCUT2D eigenvalue weighted by Crippen LogP contribution is 2.42. The van der Waals surface area contributed by atoms with Gasteiger partial charge in [-0.25, -0.2) is 5.01 Å². The maximum Gasteiger partial charge on any atom is 0.286 e. The molecule has 1 aromatic rings. The molecule has 3 unspecified atom stereocenters. The van der Waals surface area contributed by atoms with E-state index < -0.39 is 0 Å². The molecule has 2 saturated carbocycles. The molecule has 5 nitrogen and oxygen atoms in total. The second kappa shape index (κ2) is 9.97. The lowest BCUT2D eigenvalue weighted by Gasteiger charge is -2.34. The first kappa shape index (κ1) is 22.7. The van der Waals surface area contributed by atoms with E-state index in [0.29, 0.717) is 11.6 Å². The summed E-state index contributed by atoms with van der Waals surface area (Å²) in [6.45, 7) is 3.86. The number of halogens is 3. The lowest BCUT2D eigenvalue weighted by Crippen LogP contribution is -2.45. The molecule has 4 rings (SSSR count). The monoisotopic (exact) mass is 474 g/mol. The Balaban J connectivity index is 1.63. The third kappa shape index (κ3) is 4.95. The van der Waals surface area contributed by atoms with Crippen molar-refractivity contribution in [3.8, 4) is 0 Å². The SMILES string of the molecule is Cc1c(C(=O)NN2CCCCC2)nn(C2CCC(Cl)CC2Cl)c1C1CCC(Cl)CC1. The minimum atomic E-state index is -0.0995. The Labute approximate surface area is 194 Å². The zero-order chi connectivity index (χ0) is 21.3. The number of carbonyl (C=O) groups excluding carboxylic acids is 1. The van der Waals surface area contributed by atoms with Gasteiger partial charge in [0.15, 0.2) is 5.69 Å². The van der Waals surface area contributed by atoms with E-state index in [2.05, 4.69) is 10.1 Å². The first-order chi connectivity index (χ1) is 14.4. The summed E-state index contributed by atoms with van der Waals surface area (Å²) in [6.07, 6.45) is 10.1. The van der Waals surface area contributed by atoms with Crippen LogP contribution in [0, 0.1) is 6.92 Å². The summed E-state index contributed by atoms with van der Waals surface area (Å²) in [6, 6.07) is 0.0839. The van der Waals surface area contributed by atoms with Crippen molar-refractivity contribution in [1.82, 2.24) is 20.2 Å². The molecule has 2 aliphatic carbocycles. The molecule has 3 aliphatic rings. The summed E-state index contributed by atoms with van der Waals surface area (Å²) in [4.78, 5) is 13.1. The molecule has 2 heterocycles. The van der Waals surface area contributed by atoms with Crippen molar-refractivity contribution in [1.29, 1.82) is 0 Å². The highest BCUT2D eigenvalue weighted by atomic mass is 35.5. The fourth-order valence-electron chi connectivity index (χ4n) is 5.35. The molecule has 0 spiro atoms. The number of hydrogen-bond acceptors (Lipinski definition) is 3. The van der Waals surface area contributed by atoms with Gasteiger partial charge in [-0.2, -0.15) is 5.10 Å². The van der Waals surface area contributed by atoms with Gasteiger partial charge in [-0.15, -0.1) is 34.8 Å². The topological polar surface area (TPSA) is 50.2 Å². The van der Waals surface area contributed by atoms with Crippen LogP contribution in [0.2, 0.25) is 0 Å². The van der Waals surface area contributed by atoms with Gasteiger partial charge in [0.2, 0.25) is 0 Å². The van der Waals surface area contributed by atoms with Crippen molar-refractivity contribution in [3.05, 3.63) is 17.0 Å². The van der Waals surface area contributed by atoms with Gasteiger partial charge in [0.25, 0.3) is 5.91 Å². The maximum atomic E-state index is 13.1. The molecule has 1 aliphatic heterocycles. The van der Waals surface area contributed by atoms with Crippen LogP contribution < -0.4 is 5.43 Å². The normalized spacial score (nSPS) is 33.4. The van der Waals surface area contributed by atoms with E-state index in [4.69, 9.17) is 39.9 Å². The fraction of sp³-hybridized carbons (Fsp3) is 0.818. The second-order valence-electron chi connectivity index (χ2n) is 9.23. The number of nitrogens with one attached hydrogen (secondary N) is 1. The van der Waals surface area contributed by atoms with Crippen LogP contribution in [0.4, 0.5) is 0 Å². The van der Waals surface area contributed by atoms with E-state index in [1.807, 2.05) is 11.9 Å². The summed E-state index contributed by atoms with van der Waals surface area (Å²) in [5.41, 5.74) is 5.82. The molecule has 8 heteroatoms. The van der Waals surface area contributed by atoms with E-state index in [1.165, 1.54) is 12.1 Å². The molecule has 1 amide bonds. The maximum absolute atomic E-state index is 13.1. The smallest absolute Gasteiger partial charge is 0.283 e. The van der Waals surface area contributed by atoms with Crippen LogP contribution in [-0.4, -0.2) is 49.9 Å². The Hall–Kier alpha value is -0.490. The number of carbonyl (C=O) groups is 1. The van der Waals surface area contributed by atoms with Crippen molar-refractivity contribution in [2.75, 3.05) is 13.1 Å². The third-order valence-electron chi connectivity index (χ3n) is 7.06. The number of amides is 1. The van der Waals surface area contributed by atoms with Crippen molar-refractivity contribution in [2.45, 2.75) is 99.2 Å². The van der Waals surface area contributed by atoms with Crippen molar-refractivity contribution >= 4 is 40.7 Å². The van der Waals surface area contributed by atoms with Crippen molar-refractivity contribution in [2.24, 2.45) is 0 Å². The summed E-state index contributed by atoms with van der Waals surface area (Å²) in [5.74, 6) is 0.277. The summed E-state index contributed by atoms with van der Waals surface area (Å²) < 4.78 is 2.10. The Morgan fingerprint density at radius 3 is 2.30 bits per heavy atom. The molecule has 1 N–H and O–H groups in total. The number of rotatable bonds is 4. The molecule has 1 aromatic heterocycles. The molecule has 3 fully saturated rings. The minimum Gasteiger partial charge on any atom is -0.283 e. The number of hydrogen-bond donors (Lipinski definition) is 1. The highest BCUT2D eigenvalue weighted by Gasteiger charge is 2.36. The minimum absolute atomic E-state index is 0.0679. The number of aromatic nitrogens is 2. The fourth-order valence-corrected chi connectivity index (χ4v) is 6.46. The van der Waals surface area contributed by atoms with E-state index in [9.17, 15) is 4.79 Å². The van der Waals surface area contributed by atoms with Gasteiger partial charge in [-0.1, -0.05) is 6.42 Å². The summed E-state index contributed by atoms with van der Waals surface area (Å²) in [5, 5.41) is 7.23. The molecule has 0 bridgehead atoms. The summed E-state index contributed by atoms with van der Waals surface area (Å²) in [7, 11) is 0. The van der Waals surface area contributed by atoms with Gasteiger partial charge >= 0.3 is 0 Å². The zero-order valence-electron chi connectivity index (χ0n) is 17.8. The third-order valence-corrected chi connectivity index (χ3v) is 8.36. The Morgan fingerprint density at radius 2 is 1.63 bits per heavy atom. The zero-order valence-corrected chi connectivity index (χ0v) is 20.0. The standard InChI is InChI=1S/C22H33Cl3N4O/c1-14-20(22(30)27-28-11-3-2-4-12-28)26-29(19-10-9-17(24)13-18(19)25)21(14)15-5-7-16(23)8-6-15/h15-19H,2-13H2,1H3,(H,27,30). The number of hydrazine groups is 1. The van der Waals surface area contributed by atoms with E-state index in [-0.39, 0.29) is 28.1 Å². The van der Waals surface area contributed by atoms with Crippen LogP contribution in [-0.2, 0) is 0 Å². The lowest BCUT2D eigenvalue weighted by molar-refractivity contribution is 0.0742. The highest BCUT2D eigenvalue weighted by molar-refractivity contribution is 6.24. The first-order valence-corrected chi connectivity index (χ1v) is 12.8. The van der Waals surface area contributed by atoms with Crippen molar-refractivity contribution < 1.29 is 4.79 Å². The molecule has 1 saturated heterocycles. The van der Waals surface area contributed by atoms with Crippen LogP contribution in [0.1, 0.15) is 97.9 Å². The lowest BCUT2D eigenvalue weighted by atomic mass is 9.84. The van der Waals surface area contributed by atoms with E-state index in [0.717, 1.165) is 76.4 Å². The van der Waals surface area contributed by atoms with Crippen LogP contribution in [0.25, 0.3) is 0 Å². The van der Waals surface area contributed by atoms with Gasteiger partial charge in [0.05, 0.1) is 11.4 Å². The van der Waals surface area contributed by atoms with Crippen LogP contribution >= 0.6 is 34.8 Å². The Kier molecular flexibility index (Phi) is 7.55. The van der Waals surface area contributed by atoms with Gasteiger partial charge in [-0.3, -0.25) is 14.9 Å². The molecule has 0 radical (unpaired) electrons. The average molecular weight is 476 g/mol. The number of piperidine rings is 1. The average Bonchev–Trinajstić information content (AvgIpc) is 3.06. The Bertz CT molecular complexity index is 741. The van der Waals surface area contributed by atoms with Crippen LogP contribution in [0.15, 0.2) is 0 Å². The van der Waals surface area contributed by atoms with Crippen LogP contribution in [0.5, 0.6) is 0 Å². The molecule has 30 heavy (non-hydrogen) atoms. The quantitative estimate of drug-likeness (QED) is 0.583. The molecule has 168 valence electrons. The second-order valence-corrected chi connectivity index (χ2v) is 11.0. The van der Waals surface area contributed by atoms with Gasteiger partial charge in [-0.05, 0) is 64.7 Å². The molecule has 0 aromatic carbocycles. The van der Waals surface area contributed by atoms with E-state index >= 15 is 0 Å². The number of alkyl halides is 3. The summed E-state index contributed by atoms with van der Waals surface area (Å²) >= 11 is 19.5. The molecule has 3 atom stereocenters.